The number of carbonyl (C=O) groups is 1. The minimum atomic E-state index is 0.124. The summed E-state index contributed by atoms with van der Waals surface area (Å²) in [5, 5.41) is 0. The molecule has 0 unspecified atom stereocenters. The molecule has 1 fully saturated rings. The number of alkyl halides is 1. The fourth-order valence-corrected chi connectivity index (χ4v) is 2.11. The maximum Gasteiger partial charge on any atom is 0.253 e. The Balaban J connectivity index is 2.03. The van der Waals surface area contributed by atoms with E-state index in [2.05, 4.69) is 11.9 Å². The Hall–Kier alpha value is -1.06. The van der Waals surface area contributed by atoms with Gasteiger partial charge in [-0.3, -0.25) is 4.79 Å². The topological polar surface area (TPSA) is 23.6 Å². The van der Waals surface area contributed by atoms with Crippen molar-refractivity contribution in [3.8, 4) is 0 Å². The van der Waals surface area contributed by atoms with E-state index < -0.39 is 0 Å². The molecule has 92 valence electrons. The molecule has 0 aliphatic carbocycles. The lowest BCUT2D eigenvalue weighted by Crippen LogP contribution is -2.47. The minimum absolute atomic E-state index is 0.124. The summed E-state index contributed by atoms with van der Waals surface area (Å²) in [6.07, 6.45) is 0. The molecule has 2 rings (SSSR count). The molecule has 0 N–H and O–H groups in total. The summed E-state index contributed by atoms with van der Waals surface area (Å²) >= 11 is 5.72. The summed E-state index contributed by atoms with van der Waals surface area (Å²) in [5.41, 5.74) is 1.80. The normalized spacial score (nSPS) is 17.2. The zero-order valence-electron chi connectivity index (χ0n) is 10.0. The molecule has 0 aromatic heterocycles. The Morgan fingerprint density at radius 2 is 1.76 bits per heavy atom. The number of hydrogen-bond donors (Lipinski definition) is 0. The molecule has 0 bridgehead atoms. The third-order valence-electron chi connectivity index (χ3n) is 3.15. The summed E-state index contributed by atoms with van der Waals surface area (Å²) < 4.78 is 0. The standard InChI is InChI=1S/C13H17ClN2O/c1-15-6-8-16(9-7-15)13(17)12-4-2-11(10-14)3-5-12/h2-5H,6-10H2,1H3. The van der Waals surface area contributed by atoms with Gasteiger partial charge in [-0.1, -0.05) is 12.1 Å². The van der Waals surface area contributed by atoms with Crippen LogP contribution >= 0.6 is 11.6 Å². The lowest BCUT2D eigenvalue weighted by molar-refractivity contribution is 0.0664. The van der Waals surface area contributed by atoms with Crippen molar-refractivity contribution in [3.05, 3.63) is 35.4 Å². The number of halogens is 1. The van der Waals surface area contributed by atoms with Crippen LogP contribution in [0, 0.1) is 0 Å². The number of piperazine rings is 1. The summed E-state index contributed by atoms with van der Waals surface area (Å²) in [5.74, 6) is 0.613. The highest BCUT2D eigenvalue weighted by atomic mass is 35.5. The Morgan fingerprint density at radius 3 is 2.29 bits per heavy atom. The molecule has 4 heteroatoms. The second-order valence-corrected chi connectivity index (χ2v) is 4.69. The number of rotatable bonds is 2. The summed E-state index contributed by atoms with van der Waals surface area (Å²) in [7, 11) is 2.08. The van der Waals surface area contributed by atoms with Gasteiger partial charge in [0.25, 0.3) is 5.91 Å². The second-order valence-electron chi connectivity index (χ2n) is 4.43. The van der Waals surface area contributed by atoms with E-state index in [1.54, 1.807) is 0 Å². The van der Waals surface area contributed by atoms with Crippen molar-refractivity contribution in [2.45, 2.75) is 5.88 Å². The van der Waals surface area contributed by atoms with Crippen LogP contribution in [0.1, 0.15) is 15.9 Å². The highest BCUT2D eigenvalue weighted by molar-refractivity contribution is 6.17. The zero-order valence-corrected chi connectivity index (χ0v) is 10.8. The van der Waals surface area contributed by atoms with E-state index in [9.17, 15) is 4.79 Å². The molecule has 0 spiro atoms. The predicted molar refractivity (Wildman–Crippen MR) is 69.4 cm³/mol. The molecule has 1 aliphatic heterocycles. The van der Waals surface area contributed by atoms with Crippen LogP contribution in [0.5, 0.6) is 0 Å². The molecule has 1 aliphatic rings. The minimum Gasteiger partial charge on any atom is -0.336 e. The van der Waals surface area contributed by atoms with E-state index in [1.165, 1.54) is 0 Å². The van der Waals surface area contributed by atoms with Gasteiger partial charge in [0, 0.05) is 37.6 Å². The van der Waals surface area contributed by atoms with Gasteiger partial charge in [-0.15, -0.1) is 11.6 Å². The number of likely N-dealkylation sites (N-methyl/N-ethyl adjacent to an activating group) is 1. The Morgan fingerprint density at radius 1 is 1.18 bits per heavy atom. The van der Waals surface area contributed by atoms with Gasteiger partial charge in [-0.2, -0.15) is 0 Å². The highest BCUT2D eigenvalue weighted by Crippen LogP contribution is 2.11. The fraction of sp³-hybridized carbons (Fsp3) is 0.462. The zero-order chi connectivity index (χ0) is 12.3. The van der Waals surface area contributed by atoms with Gasteiger partial charge in [0.2, 0.25) is 0 Å². The number of amides is 1. The number of benzene rings is 1. The number of carbonyl (C=O) groups excluding carboxylic acids is 1. The third kappa shape index (κ3) is 2.99. The van der Waals surface area contributed by atoms with E-state index in [0.717, 1.165) is 37.3 Å². The van der Waals surface area contributed by atoms with Crippen LogP contribution in [0.25, 0.3) is 0 Å². The summed E-state index contributed by atoms with van der Waals surface area (Å²) in [4.78, 5) is 16.3. The maximum absolute atomic E-state index is 12.2. The van der Waals surface area contributed by atoms with Crippen LogP contribution in [0.2, 0.25) is 0 Å². The van der Waals surface area contributed by atoms with Crippen molar-refractivity contribution in [2.75, 3.05) is 33.2 Å². The van der Waals surface area contributed by atoms with E-state index in [4.69, 9.17) is 11.6 Å². The Labute approximate surface area is 107 Å². The van der Waals surface area contributed by atoms with Gasteiger partial charge in [-0.25, -0.2) is 0 Å². The number of hydrogen-bond acceptors (Lipinski definition) is 2. The fourth-order valence-electron chi connectivity index (χ4n) is 1.93. The molecular formula is C13H17ClN2O. The highest BCUT2D eigenvalue weighted by Gasteiger charge is 2.19. The van der Waals surface area contributed by atoms with Crippen molar-refractivity contribution < 1.29 is 4.79 Å². The molecule has 0 radical (unpaired) electrons. The van der Waals surface area contributed by atoms with Crippen molar-refractivity contribution in [3.63, 3.8) is 0 Å². The van der Waals surface area contributed by atoms with E-state index in [-0.39, 0.29) is 5.91 Å². The molecule has 1 aromatic carbocycles. The first-order chi connectivity index (χ1) is 8.20. The summed E-state index contributed by atoms with van der Waals surface area (Å²) in [6.45, 7) is 3.52. The predicted octanol–water partition coefficient (Wildman–Crippen LogP) is 1.81. The molecule has 17 heavy (non-hydrogen) atoms. The van der Waals surface area contributed by atoms with Crippen LogP contribution in [0.15, 0.2) is 24.3 Å². The van der Waals surface area contributed by atoms with Crippen molar-refractivity contribution in [1.29, 1.82) is 0 Å². The van der Waals surface area contributed by atoms with Crippen LogP contribution in [-0.2, 0) is 5.88 Å². The van der Waals surface area contributed by atoms with E-state index >= 15 is 0 Å². The van der Waals surface area contributed by atoms with Crippen molar-refractivity contribution in [1.82, 2.24) is 9.80 Å². The molecule has 1 amide bonds. The molecular weight excluding hydrogens is 236 g/mol. The van der Waals surface area contributed by atoms with Gasteiger partial charge < -0.3 is 9.80 Å². The van der Waals surface area contributed by atoms with Crippen LogP contribution in [0.4, 0.5) is 0 Å². The first-order valence-electron chi connectivity index (χ1n) is 5.83. The van der Waals surface area contributed by atoms with Crippen LogP contribution in [0.3, 0.4) is 0 Å². The average Bonchev–Trinajstić information content (AvgIpc) is 2.39. The maximum atomic E-state index is 12.2. The third-order valence-corrected chi connectivity index (χ3v) is 3.45. The quantitative estimate of drug-likeness (QED) is 0.750. The Kier molecular flexibility index (Phi) is 4.02. The second kappa shape index (κ2) is 5.52. The molecule has 1 aromatic rings. The van der Waals surface area contributed by atoms with Crippen molar-refractivity contribution >= 4 is 17.5 Å². The monoisotopic (exact) mass is 252 g/mol. The van der Waals surface area contributed by atoms with Gasteiger partial charge in [0.05, 0.1) is 0 Å². The lowest BCUT2D eigenvalue weighted by atomic mass is 10.1. The van der Waals surface area contributed by atoms with Gasteiger partial charge in [0.1, 0.15) is 0 Å². The van der Waals surface area contributed by atoms with Gasteiger partial charge in [-0.05, 0) is 24.7 Å². The summed E-state index contributed by atoms with van der Waals surface area (Å²) in [6, 6.07) is 7.54. The molecule has 1 heterocycles. The van der Waals surface area contributed by atoms with Gasteiger partial charge >= 0.3 is 0 Å². The molecule has 3 nitrogen and oxygen atoms in total. The SMILES string of the molecule is CN1CCN(C(=O)c2ccc(CCl)cc2)CC1. The van der Waals surface area contributed by atoms with Crippen LogP contribution in [-0.4, -0.2) is 48.9 Å². The number of nitrogens with zero attached hydrogens (tertiary/aromatic N) is 2. The molecule has 0 atom stereocenters. The van der Waals surface area contributed by atoms with E-state index in [1.807, 2.05) is 29.2 Å². The van der Waals surface area contributed by atoms with Crippen LogP contribution < -0.4 is 0 Å². The Bertz CT molecular complexity index is 383. The average molecular weight is 253 g/mol. The first-order valence-corrected chi connectivity index (χ1v) is 6.37. The smallest absolute Gasteiger partial charge is 0.253 e. The first kappa shape index (κ1) is 12.4. The van der Waals surface area contributed by atoms with Gasteiger partial charge in [0.15, 0.2) is 0 Å². The molecule has 0 saturated carbocycles. The molecule has 1 saturated heterocycles. The largest absolute Gasteiger partial charge is 0.336 e. The lowest BCUT2D eigenvalue weighted by Gasteiger charge is -2.32. The van der Waals surface area contributed by atoms with Crippen molar-refractivity contribution in [2.24, 2.45) is 0 Å². The van der Waals surface area contributed by atoms with E-state index in [0.29, 0.717) is 5.88 Å².